The largest absolute Gasteiger partial charge is 0.481 e. The Hall–Kier alpha value is -1.92. The molecule has 0 saturated heterocycles. The van der Waals surface area contributed by atoms with Gasteiger partial charge in [0.15, 0.2) is 0 Å². The van der Waals surface area contributed by atoms with Crippen molar-refractivity contribution in [3.63, 3.8) is 0 Å². The summed E-state index contributed by atoms with van der Waals surface area (Å²) in [6, 6.07) is -0.983. The zero-order valence-electron chi connectivity index (χ0n) is 15.6. The van der Waals surface area contributed by atoms with Crippen LogP contribution in [0.1, 0.15) is 89.9 Å². The van der Waals surface area contributed by atoms with Crippen molar-refractivity contribution in [1.29, 1.82) is 0 Å². The average molecular weight is 371 g/mol. The van der Waals surface area contributed by atoms with Crippen molar-refractivity contribution < 1.29 is 29.4 Å². The van der Waals surface area contributed by atoms with Gasteiger partial charge in [0.2, 0.25) is 5.91 Å². The molecule has 7 nitrogen and oxygen atoms in total. The van der Waals surface area contributed by atoms with Crippen LogP contribution in [0.25, 0.3) is 0 Å². The molecule has 0 heterocycles. The van der Waals surface area contributed by atoms with Gasteiger partial charge in [0, 0.05) is 19.3 Å². The fraction of sp³-hybridized carbons (Fsp3) is 0.789. The molecular weight excluding hydrogens is 338 g/mol. The maximum atomic E-state index is 11.7. The fourth-order valence-electron chi connectivity index (χ4n) is 2.73. The molecule has 0 spiro atoms. The molecule has 150 valence electrons. The van der Waals surface area contributed by atoms with Crippen LogP contribution < -0.4 is 5.32 Å². The molecule has 1 atom stereocenters. The van der Waals surface area contributed by atoms with E-state index in [4.69, 9.17) is 10.2 Å². The van der Waals surface area contributed by atoms with Crippen LogP contribution in [0.3, 0.4) is 0 Å². The molecule has 0 aliphatic heterocycles. The Morgan fingerprint density at radius 3 is 1.65 bits per heavy atom. The van der Waals surface area contributed by atoms with E-state index in [0.29, 0.717) is 12.7 Å². The Labute approximate surface area is 155 Å². The number of carboxylic acids is 2. The van der Waals surface area contributed by atoms with E-state index in [1.54, 1.807) is 0 Å². The zero-order valence-corrected chi connectivity index (χ0v) is 15.6. The highest BCUT2D eigenvalue weighted by Gasteiger charge is 2.18. The molecule has 7 heteroatoms. The van der Waals surface area contributed by atoms with Crippen LogP contribution in [0.4, 0.5) is 0 Å². The maximum absolute atomic E-state index is 11.7. The Kier molecular flexibility index (Phi) is 15.3. The predicted molar refractivity (Wildman–Crippen MR) is 97.9 cm³/mol. The van der Waals surface area contributed by atoms with Crippen molar-refractivity contribution in [3.8, 4) is 0 Å². The molecule has 0 aliphatic rings. The number of rotatable bonds is 18. The standard InChI is InChI=1S/C19H33NO6/c21-15-11-12-16(19(25)26)20-17(22)13-9-7-5-3-1-2-4-6-8-10-14-18(23)24/h15-16H,1-14H2,(H,20,22)(H,23,24)(H,25,26). The summed E-state index contributed by atoms with van der Waals surface area (Å²) in [5.74, 6) is -2.11. The van der Waals surface area contributed by atoms with Crippen LogP contribution >= 0.6 is 0 Å². The van der Waals surface area contributed by atoms with Gasteiger partial charge in [-0.3, -0.25) is 9.59 Å². The third kappa shape index (κ3) is 15.6. The highest BCUT2D eigenvalue weighted by Crippen LogP contribution is 2.12. The number of nitrogens with one attached hydrogen (secondary N) is 1. The Bertz CT molecular complexity index is 424. The van der Waals surface area contributed by atoms with Gasteiger partial charge in [-0.1, -0.05) is 51.4 Å². The number of hydrogen-bond donors (Lipinski definition) is 3. The molecule has 26 heavy (non-hydrogen) atoms. The summed E-state index contributed by atoms with van der Waals surface area (Å²) in [5.41, 5.74) is 0. The third-order valence-corrected chi connectivity index (χ3v) is 4.25. The molecule has 0 saturated carbocycles. The van der Waals surface area contributed by atoms with Gasteiger partial charge < -0.3 is 20.3 Å². The predicted octanol–water partition coefficient (Wildman–Crippen LogP) is 3.30. The first-order chi connectivity index (χ1) is 12.5. The van der Waals surface area contributed by atoms with Crippen molar-refractivity contribution in [2.45, 2.75) is 95.9 Å². The summed E-state index contributed by atoms with van der Waals surface area (Å²) < 4.78 is 0. The topological polar surface area (TPSA) is 121 Å². The third-order valence-electron chi connectivity index (χ3n) is 4.25. The van der Waals surface area contributed by atoms with E-state index in [2.05, 4.69) is 5.32 Å². The molecule has 0 fully saturated rings. The van der Waals surface area contributed by atoms with Gasteiger partial charge in [-0.15, -0.1) is 0 Å². The molecule has 0 bridgehead atoms. The highest BCUT2D eigenvalue weighted by molar-refractivity contribution is 5.83. The average Bonchev–Trinajstić information content (AvgIpc) is 2.59. The molecular formula is C19H33NO6. The summed E-state index contributed by atoms with van der Waals surface area (Å²) in [4.78, 5) is 43.4. The minimum Gasteiger partial charge on any atom is -0.481 e. The lowest BCUT2D eigenvalue weighted by Crippen LogP contribution is -2.40. The van der Waals surface area contributed by atoms with Crippen molar-refractivity contribution in [1.82, 2.24) is 5.32 Å². The first-order valence-corrected chi connectivity index (χ1v) is 9.65. The van der Waals surface area contributed by atoms with Gasteiger partial charge in [0.25, 0.3) is 0 Å². The number of carboxylic acid groups (broad SMARTS) is 2. The molecule has 1 amide bonds. The van der Waals surface area contributed by atoms with Gasteiger partial charge >= 0.3 is 11.9 Å². The van der Waals surface area contributed by atoms with Crippen molar-refractivity contribution in [2.24, 2.45) is 0 Å². The molecule has 1 unspecified atom stereocenters. The van der Waals surface area contributed by atoms with E-state index in [0.717, 1.165) is 64.2 Å². The Morgan fingerprint density at radius 2 is 1.23 bits per heavy atom. The van der Waals surface area contributed by atoms with Gasteiger partial charge in [-0.25, -0.2) is 4.79 Å². The maximum Gasteiger partial charge on any atom is 0.326 e. The number of carbonyl (C=O) groups is 4. The monoisotopic (exact) mass is 371 g/mol. The van der Waals surface area contributed by atoms with E-state index in [-0.39, 0.29) is 25.2 Å². The van der Waals surface area contributed by atoms with Crippen LogP contribution in [0.5, 0.6) is 0 Å². The SMILES string of the molecule is O=CCCC(NC(=O)CCCCCCCCCCCCC(=O)O)C(=O)O. The molecule has 0 aromatic carbocycles. The van der Waals surface area contributed by atoms with E-state index in [1.807, 2.05) is 0 Å². The van der Waals surface area contributed by atoms with E-state index in [9.17, 15) is 19.2 Å². The van der Waals surface area contributed by atoms with Crippen LogP contribution in [0.2, 0.25) is 0 Å². The summed E-state index contributed by atoms with van der Waals surface area (Å²) in [6.07, 6.45) is 11.6. The number of aldehydes is 1. The normalized spacial score (nSPS) is 11.7. The second-order valence-corrected chi connectivity index (χ2v) is 6.63. The molecule has 3 N–H and O–H groups in total. The number of carbonyl (C=O) groups excluding carboxylic acids is 2. The second kappa shape index (κ2) is 16.5. The quantitative estimate of drug-likeness (QED) is 0.251. The summed E-state index contributed by atoms with van der Waals surface area (Å²) in [7, 11) is 0. The summed E-state index contributed by atoms with van der Waals surface area (Å²) in [5, 5.41) is 20.0. The first kappa shape index (κ1) is 24.1. The number of hydrogen-bond acceptors (Lipinski definition) is 4. The van der Waals surface area contributed by atoms with Gasteiger partial charge in [-0.05, 0) is 19.3 Å². The lowest BCUT2D eigenvalue weighted by atomic mass is 10.0. The number of aliphatic carboxylic acids is 2. The Morgan fingerprint density at radius 1 is 0.769 bits per heavy atom. The lowest BCUT2D eigenvalue weighted by molar-refractivity contribution is -0.142. The zero-order chi connectivity index (χ0) is 19.6. The highest BCUT2D eigenvalue weighted by atomic mass is 16.4. The molecule has 0 aromatic rings. The first-order valence-electron chi connectivity index (χ1n) is 9.65. The lowest BCUT2D eigenvalue weighted by Gasteiger charge is -2.13. The van der Waals surface area contributed by atoms with Crippen LogP contribution in [0, 0.1) is 0 Å². The van der Waals surface area contributed by atoms with Crippen LogP contribution in [-0.4, -0.2) is 40.4 Å². The fourth-order valence-corrected chi connectivity index (χ4v) is 2.73. The Balaban J connectivity index is 3.48. The summed E-state index contributed by atoms with van der Waals surface area (Å²) >= 11 is 0. The summed E-state index contributed by atoms with van der Waals surface area (Å²) in [6.45, 7) is 0. The van der Waals surface area contributed by atoms with E-state index < -0.39 is 18.0 Å². The number of unbranched alkanes of at least 4 members (excludes halogenated alkanes) is 9. The minimum atomic E-state index is -1.11. The number of amides is 1. The minimum absolute atomic E-state index is 0.122. The van der Waals surface area contributed by atoms with Crippen LogP contribution in [0.15, 0.2) is 0 Å². The van der Waals surface area contributed by atoms with Crippen molar-refractivity contribution >= 4 is 24.1 Å². The van der Waals surface area contributed by atoms with Crippen molar-refractivity contribution in [2.75, 3.05) is 0 Å². The van der Waals surface area contributed by atoms with E-state index >= 15 is 0 Å². The molecule has 0 aromatic heterocycles. The van der Waals surface area contributed by atoms with E-state index in [1.165, 1.54) is 0 Å². The van der Waals surface area contributed by atoms with Crippen molar-refractivity contribution in [3.05, 3.63) is 0 Å². The smallest absolute Gasteiger partial charge is 0.326 e. The molecule has 0 aliphatic carbocycles. The second-order valence-electron chi connectivity index (χ2n) is 6.63. The molecule has 0 radical (unpaired) electrons. The van der Waals surface area contributed by atoms with Crippen LogP contribution in [-0.2, 0) is 19.2 Å². The molecule has 0 rings (SSSR count). The van der Waals surface area contributed by atoms with Gasteiger partial charge in [0.05, 0.1) is 0 Å². The van der Waals surface area contributed by atoms with Gasteiger partial charge in [0.1, 0.15) is 12.3 Å². The van der Waals surface area contributed by atoms with Gasteiger partial charge in [-0.2, -0.15) is 0 Å².